The van der Waals surface area contributed by atoms with Gasteiger partial charge in [-0.1, -0.05) is 24.3 Å². The first-order chi connectivity index (χ1) is 6.92. The predicted molar refractivity (Wildman–Crippen MR) is 60.9 cm³/mol. The summed E-state index contributed by atoms with van der Waals surface area (Å²) in [6.45, 7) is 5.11. The average Bonchev–Trinajstić information content (AvgIpc) is 2.63. The standard InChI is InChI=1S/C12H14OS/c1-2-7-13-8-10-9-14-12-6-4-3-5-11(10)12/h2-6,10H,1,7-9H2. The fraction of sp³-hybridized carbons (Fsp3) is 0.333. The minimum absolute atomic E-state index is 0.566. The Kier molecular flexibility index (Phi) is 3.27. The maximum Gasteiger partial charge on any atom is 0.0645 e. The lowest BCUT2D eigenvalue weighted by molar-refractivity contribution is 0.151. The molecular weight excluding hydrogens is 192 g/mol. The molecule has 1 aromatic rings. The lowest BCUT2D eigenvalue weighted by atomic mass is 10.0. The van der Waals surface area contributed by atoms with E-state index < -0.39 is 0 Å². The molecule has 0 fully saturated rings. The van der Waals surface area contributed by atoms with Crippen LogP contribution in [0, 0.1) is 0 Å². The van der Waals surface area contributed by atoms with E-state index in [0.717, 1.165) is 12.4 Å². The second-order valence-electron chi connectivity index (χ2n) is 3.37. The van der Waals surface area contributed by atoms with Gasteiger partial charge in [-0.05, 0) is 11.6 Å². The zero-order chi connectivity index (χ0) is 9.80. The smallest absolute Gasteiger partial charge is 0.0645 e. The molecule has 1 heterocycles. The quantitative estimate of drug-likeness (QED) is 0.553. The van der Waals surface area contributed by atoms with Crippen molar-refractivity contribution >= 4 is 11.8 Å². The second kappa shape index (κ2) is 4.67. The van der Waals surface area contributed by atoms with Gasteiger partial charge in [-0.3, -0.25) is 0 Å². The monoisotopic (exact) mass is 206 g/mol. The van der Waals surface area contributed by atoms with Gasteiger partial charge < -0.3 is 4.74 Å². The van der Waals surface area contributed by atoms with Crippen molar-refractivity contribution in [2.24, 2.45) is 0 Å². The molecule has 0 radical (unpaired) electrons. The zero-order valence-corrected chi connectivity index (χ0v) is 8.93. The first kappa shape index (κ1) is 9.81. The van der Waals surface area contributed by atoms with Gasteiger partial charge in [0.15, 0.2) is 0 Å². The molecule has 0 spiro atoms. The number of hydrogen-bond donors (Lipinski definition) is 0. The molecule has 1 aliphatic heterocycles. The second-order valence-corrected chi connectivity index (χ2v) is 4.43. The Bertz CT molecular complexity index is 322. The van der Waals surface area contributed by atoms with Gasteiger partial charge in [0.2, 0.25) is 0 Å². The summed E-state index contributed by atoms with van der Waals surface area (Å²) in [6, 6.07) is 8.59. The van der Waals surface area contributed by atoms with Gasteiger partial charge in [0, 0.05) is 16.6 Å². The number of ether oxygens (including phenoxy) is 1. The fourth-order valence-corrected chi connectivity index (χ4v) is 2.89. The minimum atomic E-state index is 0.566. The maximum atomic E-state index is 5.49. The van der Waals surface area contributed by atoms with E-state index in [0.29, 0.717) is 12.5 Å². The first-order valence-corrected chi connectivity index (χ1v) is 5.80. The van der Waals surface area contributed by atoms with Gasteiger partial charge in [-0.2, -0.15) is 0 Å². The molecule has 1 unspecified atom stereocenters. The Balaban J connectivity index is 1.99. The van der Waals surface area contributed by atoms with E-state index in [1.165, 1.54) is 10.5 Å². The van der Waals surface area contributed by atoms with E-state index >= 15 is 0 Å². The van der Waals surface area contributed by atoms with Gasteiger partial charge >= 0.3 is 0 Å². The van der Waals surface area contributed by atoms with Gasteiger partial charge in [0.1, 0.15) is 0 Å². The Hall–Kier alpha value is -0.730. The third-order valence-corrected chi connectivity index (χ3v) is 3.61. The Morgan fingerprint density at radius 1 is 1.50 bits per heavy atom. The van der Waals surface area contributed by atoms with Crippen LogP contribution in [0.5, 0.6) is 0 Å². The number of fused-ring (bicyclic) bond motifs is 1. The largest absolute Gasteiger partial charge is 0.377 e. The van der Waals surface area contributed by atoms with Crippen LogP contribution in [0.2, 0.25) is 0 Å². The van der Waals surface area contributed by atoms with Crippen molar-refractivity contribution in [2.45, 2.75) is 10.8 Å². The topological polar surface area (TPSA) is 9.23 Å². The van der Waals surface area contributed by atoms with Crippen LogP contribution in [0.25, 0.3) is 0 Å². The van der Waals surface area contributed by atoms with Crippen LogP contribution >= 0.6 is 11.8 Å². The molecule has 2 heteroatoms. The summed E-state index contributed by atoms with van der Waals surface area (Å²) in [5.74, 6) is 1.72. The maximum absolute atomic E-state index is 5.49. The molecule has 0 saturated heterocycles. The summed E-state index contributed by atoms with van der Waals surface area (Å²) in [4.78, 5) is 1.42. The van der Waals surface area contributed by atoms with Crippen molar-refractivity contribution in [1.29, 1.82) is 0 Å². The van der Waals surface area contributed by atoms with Crippen LogP contribution in [0.4, 0.5) is 0 Å². The molecule has 0 aliphatic carbocycles. The minimum Gasteiger partial charge on any atom is -0.377 e. The highest BCUT2D eigenvalue weighted by atomic mass is 32.2. The molecule has 0 saturated carbocycles. The molecule has 1 aromatic carbocycles. The van der Waals surface area contributed by atoms with Gasteiger partial charge in [0.05, 0.1) is 13.2 Å². The van der Waals surface area contributed by atoms with Gasteiger partial charge in [-0.15, -0.1) is 18.3 Å². The fourth-order valence-electron chi connectivity index (χ4n) is 1.66. The van der Waals surface area contributed by atoms with Crippen molar-refractivity contribution in [3.8, 4) is 0 Å². The van der Waals surface area contributed by atoms with Crippen molar-refractivity contribution < 1.29 is 4.74 Å². The number of hydrogen-bond acceptors (Lipinski definition) is 2. The number of rotatable bonds is 4. The molecule has 1 nitrogen and oxygen atoms in total. The lowest BCUT2D eigenvalue weighted by Crippen LogP contribution is -2.07. The third-order valence-electron chi connectivity index (χ3n) is 2.35. The highest BCUT2D eigenvalue weighted by Gasteiger charge is 2.22. The van der Waals surface area contributed by atoms with Crippen LogP contribution in [0.1, 0.15) is 11.5 Å². The first-order valence-electron chi connectivity index (χ1n) is 4.82. The molecule has 2 rings (SSSR count). The van der Waals surface area contributed by atoms with Crippen molar-refractivity contribution in [3.05, 3.63) is 42.5 Å². The summed E-state index contributed by atoms with van der Waals surface area (Å²) >= 11 is 1.93. The predicted octanol–water partition coefficient (Wildman–Crippen LogP) is 3.08. The number of thioether (sulfide) groups is 1. The Morgan fingerprint density at radius 2 is 2.36 bits per heavy atom. The Morgan fingerprint density at radius 3 is 3.21 bits per heavy atom. The molecule has 0 amide bonds. The van der Waals surface area contributed by atoms with Crippen molar-refractivity contribution in [3.63, 3.8) is 0 Å². The summed E-state index contributed by atoms with van der Waals surface area (Å²) < 4.78 is 5.49. The molecular formula is C12H14OS. The molecule has 74 valence electrons. The van der Waals surface area contributed by atoms with E-state index in [2.05, 4.69) is 30.8 Å². The van der Waals surface area contributed by atoms with Crippen LogP contribution in [0.15, 0.2) is 41.8 Å². The van der Waals surface area contributed by atoms with Gasteiger partial charge in [0.25, 0.3) is 0 Å². The summed E-state index contributed by atoms with van der Waals surface area (Å²) in [6.07, 6.45) is 1.80. The van der Waals surface area contributed by atoms with Crippen LogP contribution in [-0.4, -0.2) is 19.0 Å². The lowest BCUT2D eigenvalue weighted by Gasteiger charge is -2.09. The van der Waals surface area contributed by atoms with Crippen molar-refractivity contribution in [1.82, 2.24) is 0 Å². The highest BCUT2D eigenvalue weighted by molar-refractivity contribution is 7.99. The van der Waals surface area contributed by atoms with E-state index in [4.69, 9.17) is 4.74 Å². The molecule has 14 heavy (non-hydrogen) atoms. The SMILES string of the molecule is C=CCOCC1CSc2ccccc21. The third kappa shape index (κ3) is 2.02. The summed E-state index contributed by atoms with van der Waals surface area (Å²) in [5, 5.41) is 0. The van der Waals surface area contributed by atoms with Crippen LogP contribution < -0.4 is 0 Å². The molecule has 0 aromatic heterocycles. The van der Waals surface area contributed by atoms with E-state index in [1.54, 1.807) is 6.08 Å². The van der Waals surface area contributed by atoms with Gasteiger partial charge in [-0.25, -0.2) is 0 Å². The van der Waals surface area contributed by atoms with Crippen LogP contribution in [0.3, 0.4) is 0 Å². The van der Waals surface area contributed by atoms with E-state index in [9.17, 15) is 0 Å². The van der Waals surface area contributed by atoms with E-state index in [1.807, 2.05) is 11.8 Å². The van der Waals surface area contributed by atoms with Crippen LogP contribution in [-0.2, 0) is 4.74 Å². The summed E-state index contributed by atoms with van der Waals surface area (Å²) in [5.41, 5.74) is 1.45. The molecule has 0 N–H and O–H groups in total. The normalized spacial score (nSPS) is 19.3. The molecule has 0 bridgehead atoms. The average molecular weight is 206 g/mol. The zero-order valence-electron chi connectivity index (χ0n) is 8.11. The summed E-state index contributed by atoms with van der Waals surface area (Å²) in [7, 11) is 0. The molecule has 1 atom stereocenters. The highest BCUT2D eigenvalue weighted by Crippen LogP contribution is 2.39. The molecule has 1 aliphatic rings. The van der Waals surface area contributed by atoms with E-state index in [-0.39, 0.29) is 0 Å². The van der Waals surface area contributed by atoms with Crippen molar-refractivity contribution in [2.75, 3.05) is 19.0 Å². The Labute approximate surface area is 89.2 Å². The number of benzene rings is 1.